The normalized spacial score (nSPS) is 10.0. The van der Waals surface area contributed by atoms with Crippen molar-refractivity contribution in [3.8, 4) is 16.9 Å². The maximum Gasteiger partial charge on any atom is 0.309 e. The van der Waals surface area contributed by atoms with Crippen LogP contribution >= 0.6 is 0 Å². The molecule has 0 saturated carbocycles. The third-order valence-electron chi connectivity index (χ3n) is 2.95. The molecule has 0 aliphatic carbocycles. The fraction of sp³-hybridized carbons (Fsp3) is 0.188. The molecule has 0 atom stereocenters. The summed E-state index contributed by atoms with van der Waals surface area (Å²) in [5, 5.41) is 0. The highest BCUT2D eigenvalue weighted by Gasteiger charge is 2.03. The number of carbonyl (C=O) groups excluding carboxylic acids is 1. The summed E-state index contributed by atoms with van der Waals surface area (Å²) in [6.07, 6.45) is 0.305. The van der Waals surface area contributed by atoms with Gasteiger partial charge in [0.05, 0.1) is 20.6 Å². The van der Waals surface area contributed by atoms with Gasteiger partial charge in [0.15, 0.2) is 0 Å². The molecule has 2 aromatic carbocycles. The summed E-state index contributed by atoms with van der Waals surface area (Å²) in [5.74, 6) is 0.614. The van der Waals surface area contributed by atoms with Crippen LogP contribution in [0.1, 0.15) is 5.56 Å². The Morgan fingerprint density at radius 3 is 1.89 bits per heavy atom. The molecule has 0 aromatic heterocycles. The first-order valence-electron chi connectivity index (χ1n) is 6.03. The molecule has 0 aliphatic heterocycles. The average molecular weight is 256 g/mol. The number of benzene rings is 2. The smallest absolute Gasteiger partial charge is 0.309 e. The Bertz CT molecular complexity index is 541. The Kier molecular flexibility index (Phi) is 4.18. The molecule has 0 amide bonds. The lowest BCUT2D eigenvalue weighted by Crippen LogP contribution is -2.04. The number of hydrogen-bond acceptors (Lipinski definition) is 3. The van der Waals surface area contributed by atoms with Gasteiger partial charge >= 0.3 is 5.97 Å². The average Bonchev–Trinajstić information content (AvgIpc) is 2.48. The highest BCUT2D eigenvalue weighted by molar-refractivity contribution is 5.73. The van der Waals surface area contributed by atoms with E-state index in [4.69, 9.17) is 4.74 Å². The summed E-state index contributed by atoms with van der Waals surface area (Å²) in [6.45, 7) is 0. The Morgan fingerprint density at radius 2 is 1.42 bits per heavy atom. The van der Waals surface area contributed by atoms with Crippen LogP contribution in [0.4, 0.5) is 0 Å². The standard InChI is InChI=1S/C16H16O3/c1-18-15-9-7-14(8-10-15)13-5-3-12(4-6-13)11-16(17)19-2/h3-10H,11H2,1-2H3. The van der Waals surface area contributed by atoms with Crippen molar-refractivity contribution < 1.29 is 14.3 Å². The van der Waals surface area contributed by atoms with Gasteiger partial charge in [0.1, 0.15) is 5.75 Å². The van der Waals surface area contributed by atoms with Crippen molar-refractivity contribution in [2.24, 2.45) is 0 Å². The minimum Gasteiger partial charge on any atom is -0.497 e. The van der Waals surface area contributed by atoms with Crippen LogP contribution in [0.3, 0.4) is 0 Å². The molecule has 19 heavy (non-hydrogen) atoms. The van der Waals surface area contributed by atoms with Gasteiger partial charge in [-0.05, 0) is 28.8 Å². The molecule has 0 heterocycles. The van der Waals surface area contributed by atoms with Crippen molar-refractivity contribution in [3.05, 3.63) is 54.1 Å². The summed E-state index contributed by atoms with van der Waals surface area (Å²) < 4.78 is 9.77. The zero-order valence-electron chi connectivity index (χ0n) is 11.1. The van der Waals surface area contributed by atoms with Crippen LogP contribution in [0.5, 0.6) is 5.75 Å². The van der Waals surface area contributed by atoms with Gasteiger partial charge in [0.2, 0.25) is 0 Å². The molecule has 0 aliphatic rings. The maximum atomic E-state index is 11.2. The minimum absolute atomic E-state index is 0.225. The van der Waals surface area contributed by atoms with Crippen molar-refractivity contribution in [1.82, 2.24) is 0 Å². The highest BCUT2D eigenvalue weighted by Crippen LogP contribution is 2.22. The van der Waals surface area contributed by atoms with E-state index in [0.717, 1.165) is 22.4 Å². The molecule has 0 unspecified atom stereocenters. The molecule has 0 fully saturated rings. The van der Waals surface area contributed by atoms with E-state index in [1.54, 1.807) is 7.11 Å². The second kappa shape index (κ2) is 6.05. The van der Waals surface area contributed by atoms with Gasteiger partial charge in [0, 0.05) is 0 Å². The monoisotopic (exact) mass is 256 g/mol. The Balaban J connectivity index is 2.14. The first-order valence-corrected chi connectivity index (χ1v) is 6.03. The molecule has 2 aromatic rings. The zero-order chi connectivity index (χ0) is 13.7. The molecule has 3 heteroatoms. The van der Waals surface area contributed by atoms with Crippen LogP contribution in [0.25, 0.3) is 11.1 Å². The summed E-state index contributed by atoms with van der Waals surface area (Å²) in [6, 6.07) is 15.8. The Labute approximate surface area is 112 Å². The summed E-state index contributed by atoms with van der Waals surface area (Å²) >= 11 is 0. The van der Waals surface area contributed by atoms with E-state index in [9.17, 15) is 4.79 Å². The predicted octanol–water partition coefficient (Wildman–Crippen LogP) is 3.08. The Morgan fingerprint density at radius 1 is 0.895 bits per heavy atom. The van der Waals surface area contributed by atoms with Crippen molar-refractivity contribution in [2.45, 2.75) is 6.42 Å². The van der Waals surface area contributed by atoms with Crippen molar-refractivity contribution in [1.29, 1.82) is 0 Å². The molecule has 0 saturated heterocycles. The van der Waals surface area contributed by atoms with Crippen LogP contribution in [-0.4, -0.2) is 20.2 Å². The van der Waals surface area contributed by atoms with Gasteiger partial charge in [-0.3, -0.25) is 4.79 Å². The van der Waals surface area contributed by atoms with Gasteiger partial charge in [-0.25, -0.2) is 0 Å². The molecular weight excluding hydrogens is 240 g/mol. The summed E-state index contributed by atoms with van der Waals surface area (Å²) in [5.41, 5.74) is 3.17. The lowest BCUT2D eigenvalue weighted by atomic mass is 10.0. The van der Waals surface area contributed by atoms with Crippen LogP contribution in [0.2, 0.25) is 0 Å². The molecule has 2 rings (SSSR count). The quantitative estimate of drug-likeness (QED) is 0.789. The molecule has 0 N–H and O–H groups in total. The Hall–Kier alpha value is -2.29. The molecule has 0 radical (unpaired) electrons. The SMILES string of the molecule is COC(=O)Cc1ccc(-c2ccc(OC)cc2)cc1. The lowest BCUT2D eigenvalue weighted by Gasteiger charge is -2.05. The fourth-order valence-electron chi connectivity index (χ4n) is 1.84. The van der Waals surface area contributed by atoms with E-state index in [-0.39, 0.29) is 5.97 Å². The lowest BCUT2D eigenvalue weighted by molar-refractivity contribution is -0.139. The number of ether oxygens (including phenoxy) is 2. The molecule has 3 nitrogen and oxygen atoms in total. The van der Waals surface area contributed by atoms with Crippen molar-refractivity contribution in [2.75, 3.05) is 14.2 Å². The minimum atomic E-state index is -0.225. The van der Waals surface area contributed by atoms with Crippen molar-refractivity contribution >= 4 is 5.97 Å². The first kappa shape index (κ1) is 13.1. The van der Waals surface area contributed by atoms with E-state index in [1.807, 2.05) is 48.5 Å². The predicted molar refractivity (Wildman–Crippen MR) is 74.2 cm³/mol. The number of hydrogen-bond donors (Lipinski definition) is 0. The largest absolute Gasteiger partial charge is 0.497 e. The van der Waals surface area contributed by atoms with Gasteiger partial charge in [-0.2, -0.15) is 0 Å². The van der Waals surface area contributed by atoms with E-state index >= 15 is 0 Å². The summed E-state index contributed by atoms with van der Waals surface area (Å²) in [4.78, 5) is 11.2. The molecule has 98 valence electrons. The number of carbonyl (C=O) groups is 1. The molecule has 0 spiro atoms. The van der Waals surface area contributed by atoms with E-state index in [2.05, 4.69) is 4.74 Å². The van der Waals surface area contributed by atoms with Gasteiger partial charge in [0.25, 0.3) is 0 Å². The fourth-order valence-corrected chi connectivity index (χ4v) is 1.84. The summed E-state index contributed by atoms with van der Waals surface area (Å²) in [7, 11) is 3.05. The van der Waals surface area contributed by atoms with Gasteiger partial charge in [-0.15, -0.1) is 0 Å². The van der Waals surface area contributed by atoms with E-state index in [0.29, 0.717) is 6.42 Å². The zero-order valence-corrected chi connectivity index (χ0v) is 11.1. The van der Waals surface area contributed by atoms with E-state index < -0.39 is 0 Å². The third-order valence-corrected chi connectivity index (χ3v) is 2.95. The van der Waals surface area contributed by atoms with Gasteiger partial charge in [-0.1, -0.05) is 36.4 Å². The number of rotatable bonds is 4. The number of esters is 1. The molecule has 0 bridgehead atoms. The van der Waals surface area contributed by atoms with Crippen molar-refractivity contribution in [3.63, 3.8) is 0 Å². The second-order valence-electron chi connectivity index (χ2n) is 4.18. The highest BCUT2D eigenvalue weighted by atomic mass is 16.5. The van der Waals surface area contributed by atoms with Crippen LogP contribution in [-0.2, 0) is 16.0 Å². The van der Waals surface area contributed by atoms with Crippen LogP contribution in [0.15, 0.2) is 48.5 Å². The third kappa shape index (κ3) is 3.35. The topological polar surface area (TPSA) is 35.5 Å². The second-order valence-corrected chi connectivity index (χ2v) is 4.18. The maximum absolute atomic E-state index is 11.2. The van der Waals surface area contributed by atoms with Crippen LogP contribution < -0.4 is 4.74 Å². The first-order chi connectivity index (χ1) is 9.22. The van der Waals surface area contributed by atoms with E-state index in [1.165, 1.54) is 7.11 Å². The van der Waals surface area contributed by atoms with Gasteiger partial charge < -0.3 is 9.47 Å². The number of methoxy groups -OCH3 is 2. The molecular formula is C16H16O3. The van der Waals surface area contributed by atoms with Crippen LogP contribution in [0, 0.1) is 0 Å².